The molecule has 0 spiro atoms. The number of amides is 3. The van der Waals surface area contributed by atoms with Crippen LogP contribution in [0.3, 0.4) is 0 Å². The molecule has 0 aliphatic carbocycles. The normalized spacial score (nSPS) is 18.5. The van der Waals surface area contributed by atoms with E-state index in [0.717, 1.165) is 23.3 Å². The van der Waals surface area contributed by atoms with Gasteiger partial charge in [0, 0.05) is 13.1 Å². The second kappa shape index (κ2) is 11.4. The molecule has 10 heteroatoms. The highest BCUT2D eigenvalue weighted by molar-refractivity contribution is 5.99. The number of ether oxygens (including phenoxy) is 2. The first-order chi connectivity index (χ1) is 17.0. The van der Waals surface area contributed by atoms with Crippen LogP contribution in [-0.4, -0.2) is 60.4 Å². The molecule has 1 saturated heterocycles. The van der Waals surface area contributed by atoms with Crippen LogP contribution in [-0.2, 0) is 25.5 Å². The molecule has 3 rings (SSSR count). The van der Waals surface area contributed by atoms with Gasteiger partial charge in [0.05, 0.1) is 6.26 Å². The van der Waals surface area contributed by atoms with Crippen LogP contribution >= 0.6 is 0 Å². The number of ketones is 1. The summed E-state index contributed by atoms with van der Waals surface area (Å²) >= 11 is 0. The summed E-state index contributed by atoms with van der Waals surface area (Å²) in [5, 5.41) is 2.64. The number of Topliss-reactive ketones (excluding diaryl/α,β-unsaturated/α-hetero) is 1. The maximum absolute atomic E-state index is 13.6. The van der Waals surface area contributed by atoms with E-state index < -0.39 is 41.9 Å². The fraction of sp³-hybridized carbons (Fsp3) is 0.462. The van der Waals surface area contributed by atoms with Crippen LogP contribution in [0.4, 0.5) is 4.79 Å². The zero-order chi connectivity index (χ0) is 26.5. The Bertz CT molecular complexity index is 1100. The average molecular weight is 500 g/mol. The van der Waals surface area contributed by atoms with Crippen molar-refractivity contribution in [1.29, 1.82) is 0 Å². The number of furan rings is 1. The summed E-state index contributed by atoms with van der Waals surface area (Å²) in [7, 11) is 1.40. The van der Waals surface area contributed by atoms with Gasteiger partial charge in [0.1, 0.15) is 24.5 Å². The minimum Gasteiger partial charge on any atom is -0.466 e. The predicted molar refractivity (Wildman–Crippen MR) is 130 cm³/mol. The third-order valence-corrected chi connectivity index (χ3v) is 6.36. The Hall–Kier alpha value is -3.66. The summed E-state index contributed by atoms with van der Waals surface area (Å²) in [4.78, 5) is 51.6. The predicted octanol–water partition coefficient (Wildman–Crippen LogP) is 2.37. The molecular formula is C26H33N3O7. The van der Waals surface area contributed by atoms with Gasteiger partial charge in [-0.1, -0.05) is 44.2 Å². The van der Waals surface area contributed by atoms with Gasteiger partial charge in [0.2, 0.25) is 11.8 Å². The molecule has 1 fully saturated rings. The highest BCUT2D eigenvalue weighted by atomic mass is 16.6. The Morgan fingerprint density at radius 1 is 1.22 bits per heavy atom. The van der Waals surface area contributed by atoms with Crippen molar-refractivity contribution in [3.63, 3.8) is 0 Å². The number of rotatable bonds is 10. The molecule has 3 amide bonds. The van der Waals surface area contributed by atoms with Crippen molar-refractivity contribution in [2.24, 2.45) is 11.1 Å². The average Bonchev–Trinajstić information content (AvgIpc) is 3.42. The third kappa shape index (κ3) is 6.72. The lowest BCUT2D eigenvalue weighted by Crippen LogP contribution is -2.57. The Morgan fingerprint density at radius 2 is 1.92 bits per heavy atom. The molecule has 0 bridgehead atoms. The first-order valence-corrected chi connectivity index (χ1v) is 11.7. The summed E-state index contributed by atoms with van der Waals surface area (Å²) in [5.41, 5.74) is 6.16. The molecule has 2 heterocycles. The summed E-state index contributed by atoms with van der Waals surface area (Å²) in [6, 6.07) is 9.23. The van der Waals surface area contributed by atoms with Gasteiger partial charge in [0.15, 0.2) is 17.6 Å². The zero-order valence-electron chi connectivity index (χ0n) is 21.0. The first kappa shape index (κ1) is 26.9. The number of nitrogens with two attached hydrogens (primary N) is 1. The van der Waals surface area contributed by atoms with E-state index in [1.165, 1.54) is 19.4 Å². The van der Waals surface area contributed by atoms with Crippen LogP contribution in [0.5, 0.6) is 5.75 Å². The van der Waals surface area contributed by atoms with E-state index in [1.807, 2.05) is 44.2 Å². The number of benzene rings is 1. The van der Waals surface area contributed by atoms with Crippen molar-refractivity contribution in [2.45, 2.75) is 58.2 Å². The van der Waals surface area contributed by atoms with E-state index in [-0.39, 0.29) is 24.2 Å². The molecule has 3 atom stereocenters. The fourth-order valence-electron chi connectivity index (χ4n) is 4.29. The van der Waals surface area contributed by atoms with Crippen LogP contribution in [0.25, 0.3) is 0 Å². The molecule has 1 aliphatic rings. The molecular weight excluding hydrogens is 466 g/mol. The standard InChI is InChI=1S/C26H33N3O7/c1-16-20(11-13-34-16)36-25(33)28-18(14-26(2,3)12-10-17-8-6-5-7-9-17)24(32)29(4)21-19(30)15-35-22(21)23(27)31/h5-9,11,13,18,21-22H,10,12,14-15H2,1-4H3,(H2,27,31)(H,28,33)/t18-,21?,22?/m0/s1. The zero-order valence-corrected chi connectivity index (χ0v) is 21.0. The van der Waals surface area contributed by atoms with Gasteiger partial charge in [-0.2, -0.15) is 0 Å². The lowest BCUT2D eigenvalue weighted by molar-refractivity contribution is -0.141. The van der Waals surface area contributed by atoms with E-state index in [1.54, 1.807) is 6.92 Å². The third-order valence-electron chi connectivity index (χ3n) is 6.36. The molecule has 36 heavy (non-hydrogen) atoms. The molecule has 0 radical (unpaired) electrons. The summed E-state index contributed by atoms with van der Waals surface area (Å²) in [6.07, 6.45) is 1.06. The number of carbonyl (C=O) groups is 4. The fourth-order valence-corrected chi connectivity index (χ4v) is 4.29. The molecule has 1 aromatic heterocycles. The summed E-state index contributed by atoms with van der Waals surface area (Å²) in [5.74, 6) is -1.20. The van der Waals surface area contributed by atoms with E-state index in [0.29, 0.717) is 5.76 Å². The second-order valence-electron chi connectivity index (χ2n) is 9.78. The lowest BCUT2D eigenvalue weighted by atomic mass is 9.80. The van der Waals surface area contributed by atoms with Crippen molar-refractivity contribution in [1.82, 2.24) is 10.2 Å². The summed E-state index contributed by atoms with van der Waals surface area (Å²) in [6.45, 7) is 5.32. The molecule has 3 N–H and O–H groups in total. The number of likely N-dealkylation sites (N-methyl/N-ethyl adjacent to an activating group) is 1. The number of carbonyl (C=O) groups excluding carboxylic acids is 4. The van der Waals surface area contributed by atoms with Gasteiger partial charge < -0.3 is 29.8 Å². The lowest BCUT2D eigenvalue weighted by Gasteiger charge is -2.34. The first-order valence-electron chi connectivity index (χ1n) is 11.7. The van der Waals surface area contributed by atoms with Gasteiger partial charge >= 0.3 is 6.09 Å². The van der Waals surface area contributed by atoms with Crippen molar-refractivity contribution >= 4 is 23.7 Å². The minimum atomic E-state index is -1.25. The van der Waals surface area contributed by atoms with Gasteiger partial charge in [0.25, 0.3) is 0 Å². The van der Waals surface area contributed by atoms with Crippen LogP contribution in [0.1, 0.15) is 38.0 Å². The SMILES string of the molecule is Cc1occc1OC(=O)N[C@@H](CC(C)(C)CCc1ccccc1)C(=O)N(C)C1C(=O)COC1C(N)=O. The van der Waals surface area contributed by atoms with E-state index in [4.69, 9.17) is 19.6 Å². The van der Waals surface area contributed by atoms with Crippen LogP contribution in [0.2, 0.25) is 0 Å². The number of nitrogens with zero attached hydrogens (tertiary/aromatic N) is 1. The molecule has 10 nitrogen and oxygen atoms in total. The maximum Gasteiger partial charge on any atom is 0.413 e. The number of nitrogens with one attached hydrogen (secondary N) is 1. The number of aryl methyl sites for hydroxylation is 2. The monoisotopic (exact) mass is 499 g/mol. The molecule has 194 valence electrons. The van der Waals surface area contributed by atoms with Gasteiger partial charge in [-0.05, 0) is 37.2 Å². The Labute approximate surface area is 210 Å². The molecule has 2 unspecified atom stereocenters. The van der Waals surface area contributed by atoms with Crippen LogP contribution in [0, 0.1) is 12.3 Å². The largest absolute Gasteiger partial charge is 0.466 e. The van der Waals surface area contributed by atoms with Crippen molar-refractivity contribution in [2.75, 3.05) is 13.7 Å². The number of primary amides is 1. The summed E-state index contributed by atoms with van der Waals surface area (Å²) < 4.78 is 15.7. The van der Waals surface area contributed by atoms with Crippen molar-refractivity contribution < 1.29 is 33.1 Å². The Balaban J connectivity index is 1.78. The highest BCUT2D eigenvalue weighted by Crippen LogP contribution is 2.30. The van der Waals surface area contributed by atoms with Crippen molar-refractivity contribution in [3.05, 3.63) is 54.0 Å². The topological polar surface area (TPSA) is 141 Å². The smallest absolute Gasteiger partial charge is 0.413 e. The van der Waals surface area contributed by atoms with Gasteiger partial charge in [-0.25, -0.2) is 4.79 Å². The Kier molecular flexibility index (Phi) is 8.52. The highest BCUT2D eigenvalue weighted by Gasteiger charge is 2.45. The van der Waals surface area contributed by atoms with Crippen molar-refractivity contribution in [3.8, 4) is 5.75 Å². The van der Waals surface area contributed by atoms with E-state index >= 15 is 0 Å². The number of hydrogen-bond acceptors (Lipinski definition) is 7. The van der Waals surface area contributed by atoms with E-state index in [9.17, 15) is 19.2 Å². The van der Waals surface area contributed by atoms with Crippen LogP contribution in [0.15, 0.2) is 47.1 Å². The quantitative estimate of drug-likeness (QED) is 0.511. The van der Waals surface area contributed by atoms with Crippen LogP contribution < -0.4 is 15.8 Å². The Morgan fingerprint density at radius 3 is 2.53 bits per heavy atom. The van der Waals surface area contributed by atoms with Gasteiger partial charge in [-0.15, -0.1) is 0 Å². The molecule has 0 saturated carbocycles. The second-order valence-corrected chi connectivity index (χ2v) is 9.78. The molecule has 1 aromatic carbocycles. The van der Waals surface area contributed by atoms with E-state index in [2.05, 4.69) is 5.32 Å². The van der Waals surface area contributed by atoms with Gasteiger partial charge in [-0.3, -0.25) is 14.4 Å². The molecule has 2 aromatic rings. The number of hydrogen-bond donors (Lipinski definition) is 2. The minimum absolute atomic E-state index is 0.226. The maximum atomic E-state index is 13.6. The molecule has 1 aliphatic heterocycles.